The van der Waals surface area contributed by atoms with Gasteiger partial charge in [-0.2, -0.15) is 9.50 Å². The van der Waals surface area contributed by atoms with Crippen molar-refractivity contribution in [3.63, 3.8) is 0 Å². The zero-order valence-corrected chi connectivity index (χ0v) is 14.9. The van der Waals surface area contributed by atoms with E-state index in [9.17, 15) is 9.59 Å². The van der Waals surface area contributed by atoms with Crippen LogP contribution in [0.5, 0.6) is 11.5 Å². The lowest BCUT2D eigenvalue weighted by molar-refractivity contribution is 0.102. The third kappa shape index (κ3) is 3.07. The van der Waals surface area contributed by atoms with Gasteiger partial charge in [-0.15, -0.1) is 5.10 Å². The van der Waals surface area contributed by atoms with E-state index in [-0.39, 0.29) is 17.4 Å². The van der Waals surface area contributed by atoms with Gasteiger partial charge in [0.25, 0.3) is 11.5 Å². The molecule has 10 heteroatoms. The quantitative estimate of drug-likeness (QED) is 0.541. The summed E-state index contributed by atoms with van der Waals surface area (Å²) in [5.74, 6) is 1.48. The number of ether oxygens (including phenoxy) is 2. The molecule has 10 nitrogen and oxygen atoms in total. The highest BCUT2D eigenvalue weighted by Crippen LogP contribution is 2.28. The number of aromatic amines is 1. The minimum absolute atomic E-state index is 0.156. The second kappa shape index (κ2) is 6.91. The first kappa shape index (κ1) is 17.3. The van der Waals surface area contributed by atoms with E-state index in [0.29, 0.717) is 22.8 Å². The monoisotopic (exact) mass is 381 g/mol. The average molecular weight is 381 g/mol. The van der Waals surface area contributed by atoms with Crippen molar-refractivity contribution in [1.82, 2.24) is 19.6 Å². The third-order valence-corrected chi connectivity index (χ3v) is 3.97. The van der Waals surface area contributed by atoms with E-state index in [2.05, 4.69) is 20.4 Å². The molecule has 1 aromatic carbocycles. The lowest BCUT2D eigenvalue weighted by Gasteiger charge is -2.10. The minimum atomic E-state index is -0.456. The van der Waals surface area contributed by atoms with E-state index < -0.39 is 11.5 Å². The average Bonchev–Trinajstić information content (AvgIpc) is 3.36. The van der Waals surface area contributed by atoms with Gasteiger partial charge in [0.15, 0.2) is 17.3 Å². The van der Waals surface area contributed by atoms with E-state index in [4.69, 9.17) is 13.9 Å². The number of carbonyl (C=O) groups excluding carboxylic acids is 1. The minimum Gasteiger partial charge on any atom is -0.493 e. The van der Waals surface area contributed by atoms with Crippen LogP contribution in [0.2, 0.25) is 0 Å². The van der Waals surface area contributed by atoms with Crippen LogP contribution < -0.4 is 20.3 Å². The molecule has 4 rings (SSSR count). The number of nitrogens with zero attached hydrogens (tertiary/aromatic N) is 3. The van der Waals surface area contributed by atoms with Gasteiger partial charge in [-0.05, 0) is 30.3 Å². The smallest absolute Gasteiger partial charge is 0.256 e. The molecule has 1 amide bonds. The molecule has 0 fully saturated rings. The zero-order chi connectivity index (χ0) is 19.7. The Hall–Kier alpha value is -4.08. The number of benzene rings is 1. The van der Waals surface area contributed by atoms with Gasteiger partial charge in [0.05, 0.1) is 20.5 Å². The molecule has 0 saturated carbocycles. The van der Waals surface area contributed by atoms with Crippen molar-refractivity contribution in [2.24, 2.45) is 0 Å². The summed E-state index contributed by atoms with van der Waals surface area (Å²) in [6, 6.07) is 9.33. The van der Waals surface area contributed by atoms with Gasteiger partial charge in [0.1, 0.15) is 5.82 Å². The van der Waals surface area contributed by atoms with Crippen LogP contribution in [0, 0.1) is 0 Å². The van der Waals surface area contributed by atoms with E-state index in [1.54, 1.807) is 24.3 Å². The number of amides is 1. The van der Waals surface area contributed by atoms with Crippen LogP contribution in [0.3, 0.4) is 0 Å². The van der Waals surface area contributed by atoms with E-state index in [1.165, 1.54) is 37.1 Å². The van der Waals surface area contributed by atoms with Crippen molar-refractivity contribution in [2.45, 2.75) is 0 Å². The molecule has 0 aliphatic rings. The Kier molecular flexibility index (Phi) is 4.28. The maximum absolute atomic E-state index is 12.7. The summed E-state index contributed by atoms with van der Waals surface area (Å²) < 4.78 is 17.0. The largest absolute Gasteiger partial charge is 0.493 e. The first-order valence-electron chi connectivity index (χ1n) is 8.16. The number of methoxy groups -OCH3 is 2. The van der Waals surface area contributed by atoms with Gasteiger partial charge in [-0.25, -0.2) is 0 Å². The number of nitrogens with one attached hydrogen (secondary N) is 2. The number of carbonyl (C=O) groups is 1. The maximum Gasteiger partial charge on any atom is 0.256 e. The van der Waals surface area contributed by atoms with Gasteiger partial charge in [0.2, 0.25) is 11.6 Å². The van der Waals surface area contributed by atoms with Crippen molar-refractivity contribution in [3.05, 3.63) is 58.6 Å². The number of aromatic nitrogens is 4. The Morgan fingerprint density at radius 2 is 2.00 bits per heavy atom. The SMILES string of the molecule is COc1ccc(C(=O)Nc2cc(=O)[nH]c3nc(-c4ccco4)nn23)cc1OC. The Labute approximate surface area is 157 Å². The second-order valence-corrected chi connectivity index (χ2v) is 5.69. The fourth-order valence-electron chi connectivity index (χ4n) is 2.66. The number of rotatable bonds is 5. The maximum atomic E-state index is 12.7. The molecule has 4 aromatic rings. The lowest BCUT2D eigenvalue weighted by Crippen LogP contribution is -2.18. The standard InChI is InChI=1S/C18H15N5O5/c1-26-11-6-5-10(8-13(11)27-2)17(25)19-14-9-15(24)20-18-21-16(22-23(14)18)12-4-3-7-28-12/h3-9H,1-2H3,(H,19,25)(H,20,21,22,24). The van der Waals surface area contributed by atoms with Gasteiger partial charge >= 0.3 is 0 Å². The predicted molar refractivity (Wildman–Crippen MR) is 98.8 cm³/mol. The first-order valence-corrected chi connectivity index (χ1v) is 8.16. The summed E-state index contributed by atoms with van der Waals surface area (Å²) in [4.78, 5) is 31.4. The molecular weight excluding hydrogens is 366 g/mol. The highest BCUT2D eigenvalue weighted by Gasteiger charge is 2.16. The summed E-state index contributed by atoms with van der Waals surface area (Å²) in [6.07, 6.45) is 1.49. The molecule has 3 heterocycles. The molecule has 2 N–H and O–H groups in total. The highest BCUT2D eigenvalue weighted by molar-refractivity contribution is 6.04. The molecular formula is C18H15N5O5. The number of hydrogen-bond acceptors (Lipinski definition) is 7. The molecule has 28 heavy (non-hydrogen) atoms. The van der Waals surface area contributed by atoms with Crippen LogP contribution in [0.25, 0.3) is 17.4 Å². The summed E-state index contributed by atoms with van der Waals surface area (Å²) in [7, 11) is 2.98. The first-order chi connectivity index (χ1) is 13.6. The third-order valence-electron chi connectivity index (χ3n) is 3.97. The number of H-pyrrole nitrogens is 1. The molecule has 0 bridgehead atoms. The Balaban J connectivity index is 1.71. The summed E-state index contributed by atoms with van der Waals surface area (Å²) in [5.41, 5.74) is -0.119. The molecule has 0 saturated heterocycles. The molecule has 0 aliphatic heterocycles. The number of furan rings is 1. The van der Waals surface area contributed by atoms with Crippen LogP contribution in [0.1, 0.15) is 10.4 Å². The van der Waals surface area contributed by atoms with Crippen LogP contribution in [0.15, 0.2) is 51.9 Å². The number of hydrogen-bond donors (Lipinski definition) is 2. The van der Waals surface area contributed by atoms with Gasteiger partial charge in [-0.1, -0.05) is 0 Å². The van der Waals surface area contributed by atoms with Crippen LogP contribution >= 0.6 is 0 Å². The number of fused-ring (bicyclic) bond motifs is 1. The van der Waals surface area contributed by atoms with Crippen molar-refractivity contribution in [3.8, 4) is 23.1 Å². The molecule has 0 unspecified atom stereocenters. The normalized spacial score (nSPS) is 10.8. The Morgan fingerprint density at radius 1 is 1.18 bits per heavy atom. The Morgan fingerprint density at radius 3 is 2.71 bits per heavy atom. The van der Waals surface area contributed by atoms with Crippen LogP contribution in [0.4, 0.5) is 5.82 Å². The molecule has 0 radical (unpaired) electrons. The molecule has 3 aromatic heterocycles. The van der Waals surface area contributed by atoms with Crippen molar-refractivity contribution < 1.29 is 18.7 Å². The fourth-order valence-corrected chi connectivity index (χ4v) is 2.66. The highest BCUT2D eigenvalue weighted by atomic mass is 16.5. The number of anilines is 1. The fraction of sp³-hybridized carbons (Fsp3) is 0.111. The second-order valence-electron chi connectivity index (χ2n) is 5.69. The van der Waals surface area contributed by atoms with Gasteiger partial charge in [-0.3, -0.25) is 14.6 Å². The predicted octanol–water partition coefficient (Wildman–Crippen LogP) is 1.95. The molecule has 0 spiro atoms. The zero-order valence-electron chi connectivity index (χ0n) is 14.9. The van der Waals surface area contributed by atoms with Gasteiger partial charge in [0, 0.05) is 11.6 Å². The van der Waals surface area contributed by atoms with Crippen molar-refractivity contribution >= 4 is 17.5 Å². The van der Waals surface area contributed by atoms with Crippen molar-refractivity contribution in [2.75, 3.05) is 19.5 Å². The molecule has 142 valence electrons. The van der Waals surface area contributed by atoms with Crippen LogP contribution in [-0.2, 0) is 0 Å². The molecule has 0 aliphatic carbocycles. The summed E-state index contributed by atoms with van der Waals surface area (Å²) in [5, 5.41) is 6.95. The van der Waals surface area contributed by atoms with Crippen LogP contribution in [-0.4, -0.2) is 39.7 Å². The topological polar surface area (TPSA) is 124 Å². The van der Waals surface area contributed by atoms with Crippen molar-refractivity contribution in [1.29, 1.82) is 0 Å². The van der Waals surface area contributed by atoms with E-state index in [0.717, 1.165) is 0 Å². The van der Waals surface area contributed by atoms with E-state index in [1.807, 2.05) is 0 Å². The Bertz CT molecular complexity index is 1210. The summed E-state index contributed by atoms with van der Waals surface area (Å²) >= 11 is 0. The van der Waals surface area contributed by atoms with Gasteiger partial charge < -0.3 is 19.2 Å². The molecule has 0 atom stereocenters. The summed E-state index contributed by atoms with van der Waals surface area (Å²) in [6.45, 7) is 0. The lowest BCUT2D eigenvalue weighted by atomic mass is 10.2. The van der Waals surface area contributed by atoms with E-state index >= 15 is 0 Å².